The Labute approximate surface area is 141 Å². The summed E-state index contributed by atoms with van der Waals surface area (Å²) in [4.78, 5) is 23.4. The summed E-state index contributed by atoms with van der Waals surface area (Å²) in [6.45, 7) is -0.0457. The minimum Gasteiger partial charge on any atom is -0.484 e. The molecule has 0 spiro atoms. The highest BCUT2D eigenvalue weighted by atomic mass is 16.5. The lowest BCUT2D eigenvalue weighted by Gasteiger charge is -2.09. The normalized spacial score (nSPS) is 12.4. The molecule has 24 heavy (non-hydrogen) atoms. The first-order valence-electron chi connectivity index (χ1n) is 8.02. The number of aryl methyl sites for hydroxylation is 2. The maximum absolute atomic E-state index is 12.0. The van der Waals surface area contributed by atoms with Crippen LogP contribution < -0.4 is 15.4 Å². The van der Waals surface area contributed by atoms with Crippen LogP contribution in [0.1, 0.15) is 27.9 Å². The summed E-state index contributed by atoms with van der Waals surface area (Å²) in [6, 6.07) is 12.7. The summed E-state index contributed by atoms with van der Waals surface area (Å²) in [7, 11) is 1.58. The van der Waals surface area contributed by atoms with Crippen molar-refractivity contribution < 1.29 is 14.3 Å². The smallest absolute Gasteiger partial charge is 0.262 e. The summed E-state index contributed by atoms with van der Waals surface area (Å²) in [5.74, 6) is 0.330. The molecule has 2 amide bonds. The molecule has 5 nitrogen and oxygen atoms in total. The van der Waals surface area contributed by atoms with Crippen LogP contribution in [0.25, 0.3) is 0 Å². The number of nitrogens with one attached hydrogen (secondary N) is 2. The molecule has 0 fully saturated rings. The van der Waals surface area contributed by atoms with E-state index in [1.54, 1.807) is 31.3 Å². The molecule has 2 aromatic rings. The van der Waals surface area contributed by atoms with Gasteiger partial charge >= 0.3 is 0 Å². The van der Waals surface area contributed by atoms with Crippen molar-refractivity contribution in [3.63, 3.8) is 0 Å². The van der Waals surface area contributed by atoms with Gasteiger partial charge in [0.15, 0.2) is 6.61 Å². The molecule has 0 radical (unpaired) electrons. The zero-order valence-electron chi connectivity index (χ0n) is 13.6. The second-order valence-corrected chi connectivity index (χ2v) is 5.78. The van der Waals surface area contributed by atoms with Crippen LogP contribution in [0.4, 0.5) is 5.69 Å². The number of hydrogen-bond donors (Lipinski definition) is 2. The number of anilines is 1. The third-order valence-corrected chi connectivity index (χ3v) is 4.10. The van der Waals surface area contributed by atoms with E-state index in [0.29, 0.717) is 11.3 Å². The molecule has 0 atom stereocenters. The van der Waals surface area contributed by atoms with Gasteiger partial charge in [-0.25, -0.2) is 0 Å². The monoisotopic (exact) mass is 324 g/mol. The quantitative estimate of drug-likeness (QED) is 0.888. The molecule has 0 saturated carbocycles. The van der Waals surface area contributed by atoms with Gasteiger partial charge in [-0.2, -0.15) is 0 Å². The number of rotatable bonds is 5. The molecule has 2 N–H and O–H groups in total. The summed E-state index contributed by atoms with van der Waals surface area (Å²) >= 11 is 0. The minimum absolute atomic E-state index is 0.0457. The molecule has 1 aliphatic carbocycles. The van der Waals surface area contributed by atoms with E-state index in [1.807, 2.05) is 12.1 Å². The highest BCUT2D eigenvalue weighted by Crippen LogP contribution is 2.26. The summed E-state index contributed by atoms with van der Waals surface area (Å²) in [5.41, 5.74) is 3.87. The highest BCUT2D eigenvalue weighted by Gasteiger charge is 2.12. The van der Waals surface area contributed by atoms with Crippen molar-refractivity contribution >= 4 is 17.5 Å². The molecule has 0 saturated heterocycles. The van der Waals surface area contributed by atoms with Crippen LogP contribution in [-0.4, -0.2) is 25.5 Å². The first-order valence-corrected chi connectivity index (χ1v) is 8.02. The second-order valence-electron chi connectivity index (χ2n) is 5.78. The lowest BCUT2D eigenvalue weighted by Crippen LogP contribution is -2.20. The fourth-order valence-corrected chi connectivity index (χ4v) is 2.83. The number of ether oxygens (including phenoxy) is 1. The number of fused-ring (bicyclic) bond motifs is 1. The van der Waals surface area contributed by atoms with E-state index in [9.17, 15) is 9.59 Å². The van der Waals surface area contributed by atoms with E-state index in [4.69, 9.17) is 4.74 Å². The zero-order valence-corrected chi connectivity index (χ0v) is 13.6. The fourth-order valence-electron chi connectivity index (χ4n) is 2.83. The molecule has 3 rings (SSSR count). The third-order valence-electron chi connectivity index (χ3n) is 4.10. The first kappa shape index (κ1) is 16.1. The standard InChI is InChI=1S/C19H20N2O3/c1-20-19(23)14-5-8-16(9-6-14)21-18(22)12-24-17-10-7-13-3-2-4-15(13)11-17/h5-11H,2-4,12H2,1H3,(H,20,23)(H,21,22). The third kappa shape index (κ3) is 3.74. The molecule has 0 aliphatic heterocycles. The van der Waals surface area contributed by atoms with Gasteiger partial charge in [-0.3, -0.25) is 9.59 Å². The van der Waals surface area contributed by atoms with Gasteiger partial charge in [0.25, 0.3) is 11.8 Å². The SMILES string of the molecule is CNC(=O)c1ccc(NC(=O)COc2ccc3c(c2)CCC3)cc1. The molecule has 0 unspecified atom stereocenters. The van der Waals surface area contributed by atoms with Crippen molar-refractivity contribution in [2.24, 2.45) is 0 Å². The molecule has 5 heteroatoms. The Morgan fingerprint density at radius 3 is 2.54 bits per heavy atom. The van der Waals surface area contributed by atoms with Crippen molar-refractivity contribution in [3.8, 4) is 5.75 Å². The molecule has 124 valence electrons. The summed E-state index contributed by atoms with van der Waals surface area (Å²) in [5, 5.41) is 5.30. The van der Waals surface area contributed by atoms with Gasteiger partial charge in [-0.1, -0.05) is 6.07 Å². The lowest BCUT2D eigenvalue weighted by atomic mass is 10.1. The average molecular weight is 324 g/mol. The highest BCUT2D eigenvalue weighted by molar-refractivity contribution is 5.95. The molecule has 1 aliphatic rings. The van der Waals surface area contributed by atoms with Gasteiger partial charge in [-0.15, -0.1) is 0 Å². The van der Waals surface area contributed by atoms with Gasteiger partial charge in [0.1, 0.15) is 5.75 Å². The molecule has 0 heterocycles. The van der Waals surface area contributed by atoms with Crippen LogP contribution in [0.15, 0.2) is 42.5 Å². The topological polar surface area (TPSA) is 67.4 Å². The fraction of sp³-hybridized carbons (Fsp3) is 0.263. The van der Waals surface area contributed by atoms with Crippen LogP contribution in [-0.2, 0) is 17.6 Å². The van der Waals surface area contributed by atoms with E-state index in [-0.39, 0.29) is 18.4 Å². The van der Waals surface area contributed by atoms with Crippen molar-refractivity contribution in [1.29, 1.82) is 0 Å². The van der Waals surface area contributed by atoms with Gasteiger partial charge in [0.2, 0.25) is 0 Å². The Balaban J connectivity index is 1.53. The Morgan fingerprint density at radius 2 is 1.79 bits per heavy atom. The first-order chi connectivity index (χ1) is 11.7. The molecular weight excluding hydrogens is 304 g/mol. The maximum atomic E-state index is 12.0. The minimum atomic E-state index is -0.233. The molecular formula is C19H20N2O3. The van der Waals surface area contributed by atoms with Gasteiger partial charge in [0, 0.05) is 18.3 Å². The summed E-state index contributed by atoms with van der Waals surface area (Å²) in [6.07, 6.45) is 3.39. The Bertz CT molecular complexity index is 754. The molecule has 0 aromatic heterocycles. The zero-order chi connectivity index (χ0) is 16.9. The van der Waals surface area contributed by atoms with Crippen LogP contribution in [0.3, 0.4) is 0 Å². The number of carbonyl (C=O) groups excluding carboxylic acids is 2. The van der Waals surface area contributed by atoms with Crippen LogP contribution in [0, 0.1) is 0 Å². The van der Waals surface area contributed by atoms with Crippen molar-refractivity contribution in [1.82, 2.24) is 5.32 Å². The Morgan fingerprint density at radius 1 is 1.04 bits per heavy atom. The molecule has 2 aromatic carbocycles. The van der Waals surface area contributed by atoms with E-state index in [1.165, 1.54) is 17.5 Å². The van der Waals surface area contributed by atoms with Gasteiger partial charge < -0.3 is 15.4 Å². The van der Waals surface area contributed by atoms with Crippen molar-refractivity contribution in [3.05, 3.63) is 59.2 Å². The van der Waals surface area contributed by atoms with E-state index >= 15 is 0 Å². The van der Waals surface area contributed by atoms with Crippen LogP contribution in [0.2, 0.25) is 0 Å². The van der Waals surface area contributed by atoms with Crippen molar-refractivity contribution in [2.75, 3.05) is 19.0 Å². The van der Waals surface area contributed by atoms with Crippen LogP contribution >= 0.6 is 0 Å². The Kier molecular flexibility index (Phi) is 4.79. The number of amides is 2. The van der Waals surface area contributed by atoms with Crippen LogP contribution in [0.5, 0.6) is 5.75 Å². The van der Waals surface area contributed by atoms with Gasteiger partial charge in [0.05, 0.1) is 0 Å². The Hall–Kier alpha value is -2.82. The average Bonchev–Trinajstić information content (AvgIpc) is 3.07. The maximum Gasteiger partial charge on any atom is 0.262 e. The van der Waals surface area contributed by atoms with Crippen molar-refractivity contribution in [2.45, 2.75) is 19.3 Å². The number of hydrogen-bond acceptors (Lipinski definition) is 3. The number of carbonyl (C=O) groups is 2. The lowest BCUT2D eigenvalue weighted by molar-refractivity contribution is -0.118. The largest absolute Gasteiger partial charge is 0.484 e. The van der Waals surface area contributed by atoms with Gasteiger partial charge in [-0.05, 0) is 66.8 Å². The summed E-state index contributed by atoms with van der Waals surface area (Å²) < 4.78 is 5.57. The second kappa shape index (κ2) is 7.17. The molecule has 0 bridgehead atoms. The number of benzene rings is 2. The van der Waals surface area contributed by atoms with E-state index in [2.05, 4.69) is 16.7 Å². The van der Waals surface area contributed by atoms with E-state index in [0.717, 1.165) is 18.6 Å². The predicted molar refractivity (Wildman–Crippen MR) is 92.4 cm³/mol. The predicted octanol–water partition coefficient (Wildman–Crippen LogP) is 2.55. The van der Waals surface area contributed by atoms with E-state index < -0.39 is 0 Å².